The molecular weight excluding hydrogens is 382 g/mol. The molecule has 3 nitrogen and oxygen atoms in total. The van der Waals surface area contributed by atoms with E-state index in [1.807, 2.05) is 30.3 Å². The number of benzene rings is 2. The Balaban J connectivity index is 1.84. The molecule has 1 aliphatic carbocycles. The summed E-state index contributed by atoms with van der Waals surface area (Å²) in [6, 6.07) is 13.0. The number of hydrogen-bond acceptors (Lipinski definition) is 3. The number of anilines is 1. The fourth-order valence-electron chi connectivity index (χ4n) is 4.56. The van der Waals surface area contributed by atoms with E-state index in [9.17, 15) is 9.59 Å². The van der Waals surface area contributed by atoms with E-state index >= 15 is 0 Å². The first kappa shape index (κ1) is 23.2. The molecule has 3 rings (SSSR count). The third-order valence-electron chi connectivity index (χ3n) is 6.33. The molecule has 0 radical (unpaired) electrons. The van der Waals surface area contributed by atoms with E-state index in [1.165, 1.54) is 51.4 Å². The maximum absolute atomic E-state index is 13.4. The first-order chi connectivity index (χ1) is 15.2. The lowest BCUT2D eigenvalue weighted by Crippen LogP contribution is -2.30. The summed E-state index contributed by atoms with van der Waals surface area (Å²) < 4.78 is 0. The summed E-state index contributed by atoms with van der Waals surface area (Å²) in [6.07, 6.45) is 12.2. The molecule has 0 heterocycles. The predicted octanol–water partition coefficient (Wildman–Crippen LogP) is 7.21. The van der Waals surface area contributed by atoms with E-state index in [0.29, 0.717) is 22.3 Å². The summed E-state index contributed by atoms with van der Waals surface area (Å²) >= 11 is 0. The van der Waals surface area contributed by atoms with Crippen molar-refractivity contribution in [1.82, 2.24) is 0 Å². The van der Waals surface area contributed by atoms with Crippen LogP contribution in [0.4, 0.5) is 5.69 Å². The molecule has 2 aromatic rings. The average molecular weight is 420 g/mol. The van der Waals surface area contributed by atoms with E-state index < -0.39 is 0 Å². The second-order valence-corrected chi connectivity index (χ2v) is 8.72. The van der Waals surface area contributed by atoms with Crippen LogP contribution in [-0.2, 0) is 0 Å². The number of ketones is 2. The van der Waals surface area contributed by atoms with Gasteiger partial charge in [-0.05, 0) is 18.9 Å². The Kier molecular flexibility index (Phi) is 8.87. The zero-order valence-corrected chi connectivity index (χ0v) is 19.3. The Bertz CT molecular complexity index is 872. The van der Waals surface area contributed by atoms with Crippen LogP contribution in [0.3, 0.4) is 0 Å². The molecule has 0 aromatic heterocycles. The van der Waals surface area contributed by atoms with Crippen LogP contribution in [0.1, 0.15) is 110 Å². The Hall–Kier alpha value is -2.42. The van der Waals surface area contributed by atoms with Crippen molar-refractivity contribution in [2.75, 3.05) is 18.0 Å². The average Bonchev–Trinajstić information content (AvgIpc) is 2.80. The number of carbonyl (C=O) groups is 2. The summed E-state index contributed by atoms with van der Waals surface area (Å²) in [4.78, 5) is 28.9. The van der Waals surface area contributed by atoms with Crippen LogP contribution >= 0.6 is 0 Å². The van der Waals surface area contributed by atoms with Crippen LogP contribution in [0, 0.1) is 0 Å². The summed E-state index contributed by atoms with van der Waals surface area (Å²) in [5.41, 5.74) is 3.17. The minimum Gasteiger partial charge on any atom is -0.371 e. The molecule has 166 valence electrons. The molecule has 0 saturated carbocycles. The molecule has 0 unspecified atom stereocenters. The number of nitrogens with zero attached hydrogens (tertiary/aromatic N) is 1. The third kappa shape index (κ3) is 5.64. The number of hydrogen-bond donors (Lipinski definition) is 0. The van der Waals surface area contributed by atoms with Crippen molar-refractivity contribution in [2.45, 2.75) is 78.1 Å². The Morgan fingerprint density at radius 1 is 0.581 bits per heavy atom. The molecule has 2 aromatic carbocycles. The van der Waals surface area contributed by atoms with E-state index in [0.717, 1.165) is 31.6 Å². The van der Waals surface area contributed by atoms with Gasteiger partial charge in [-0.15, -0.1) is 0 Å². The highest BCUT2D eigenvalue weighted by Gasteiger charge is 2.32. The lowest BCUT2D eigenvalue weighted by Gasteiger charge is -2.29. The van der Waals surface area contributed by atoms with Gasteiger partial charge in [-0.3, -0.25) is 9.59 Å². The Morgan fingerprint density at radius 3 is 1.68 bits per heavy atom. The van der Waals surface area contributed by atoms with Gasteiger partial charge in [0.2, 0.25) is 0 Å². The van der Waals surface area contributed by atoms with Crippen molar-refractivity contribution in [2.24, 2.45) is 0 Å². The number of rotatable bonds is 13. The zero-order valence-electron chi connectivity index (χ0n) is 19.3. The fourth-order valence-corrected chi connectivity index (χ4v) is 4.56. The van der Waals surface area contributed by atoms with E-state index in [-0.39, 0.29) is 11.6 Å². The van der Waals surface area contributed by atoms with Gasteiger partial charge < -0.3 is 4.90 Å². The van der Waals surface area contributed by atoms with Gasteiger partial charge in [-0.2, -0.15) is 0 Å². The van der Waals surface area contributed by atoms with Crippen molar-refractivity contribution < 1.29 is 9.59 Å². The summed E-state index contributed by atoms with van der Waals surface area (Å²) in [5.74, 6) is -0.0411. The van der Waals surface area contributed by atoms with Gasteiger partial charge in [0.05, 0.1) is 5.56 Å². The Labute approximate surface area is 187 Å². The number of unbranched alkanes of at least 4 members (excludes halogenated alkanes) is 8. The van der Waals surface area contributed by atoms with Crippen LogP contribution in [0.5, 0.6) is 0 Å². The number of fused-ring (bicyclic) bond motifs is 2. The van der Waals surface area contributed by atoms with Gasteiger partial charge >= 0.3 is 0 Å². The highest BCUT2D eigenvalue weighted by atomic mass is 16.1. The fraction of sp³-hybridized carbons (Fsp3) is 0.500. The first-order valence-electron chi connectivity index (χ1n) is 12.2. The molecule has 1 aliphatic rings. The van der Waals surface area contributed by atoms with Crippen LogP contribution < -0.4 is 4.90 Å². The molecule has 3 heteroatoms. The molecule has 31 heavy (non-hydrogen) atoms. The van der Waals surface area contributed by atoms with Gasteiger partial charge in [0.25, 0.3) is 0 Å². The maximum Gasteiger partial charge on any atom is 0.196 e. The molecule has 0 amide bonds. The monoisotopic (exact) mass is 419 g/mol. The van der Waals surface area contributed by atoms with Crippen molar-refractivity contribution in [1.29, 1.82) is 0 Å². The first-order valence-corrected chi connectivity index (χ1v) is 12.2. The van der Waals surface area contributed by atoms with Gasteiger partial charge in [0.15, 0.2) is 11.6 Å². The molecule has 0 spiro atoms. The smallest absolute Gasteiger partial charge is 0.196 e. The van der Waals surface area contributed by atoms with Gasteiger partial charge in [0.1, 0.15) is 0 Å². The van der Waals surface area contributed by atoms with E-state index in [4.69, 9.17) is 0 Å². The van der Waals surface area contributed by atoms with Crippen molar-refractivity contribution in [3.8, 4) is 0 Å². The lowest BCUT2D eigenvalue weighted by molar-refractivity contribution is 0.0979. The summed E-state index contributed by atoms with van der Waals surface area (Å²) in [6.45, 7) is 6.35. The molecule has 0 atom stereocenters. The second kappa shape index (κ2) is 11.8. The highest BCUT2D eigenvalue weighted by molar-refractivity contribution is 6.30. The molecular formula is C28H37NO2. The zero-order chi connectivity index (χ0) is 22.1. The maximum atomic E-state index is 13.4. The molecule has 0 bridgehead atoms. The topological polar surface area (TPSA) is 37.4 Å². The second-order valence-electron chi connectivity index (χ2n) is 8.72. The molecule has 0 fully saturated rings. The minimum absolute atomic E-state index is 0.0113. The predicted molar refractivity (Wildman–Crippen MR) is 129 cm³/mol. The summed E-state index contributed by atoms with van der Waals surface area (Å²) in [5, 5.41) is 0. The van der Waals surface area contributed by atoms with Gasteiger partial charge in [0, 0.05) is 35.5 Å². The lowest BCUT2D eigenvalue weighted by atomic mass is 9.83. The molecule has 0 saturated heterocycles. The van der Waals surface area contributed by atoms with E-state index in [2.05, 4.69) is 18.7 Å². The van der Waals surface area contributed by atoms with Crippen LogP contribution in [-0.4, -0.2) is 24.7 Å². The quantitative estimate of drug-likeness (QED) is 0.275. The Morgan fingerprint density at radius 2 is 1.10 bits per heavy atom. The SMILES string of the molecule is CCCCCCCN(CCCCCCC)c1cccc2c1C(=O)c1ccccc1C2=O. The van der Waals surface area contributed by atoms with Crippen molar-refractivity contribution >= 4 is 17.3 Å². The van der Waals surface area contributed by atoms with Crippen molar-refractivity contribution in [3.63, 3.8) is 0 Å². The molecule has 0 N–H and O–H groups in total. The highest BCUT2D eigenvalue weighted by Crippen LogP contribution is 2.34. The van der Waals surface area contributed by atoms with Crippen LogP contribution in [0.2, 0.25) is 0 Å². The summed E-state index contributed by atoms with van der Waals surface area (Å²) in [7, 11) is 0. The standard InChI is InChI=1S/C28H37NO2/c1-3-5-7-9-13-20-29(21-14-10-8-6-4-2)25-19-15-18-24-26(25)28(31)23-17-12-11-16-22(23)27(24)30/h11-12,15-19H,3-10,13-14,20-21H2,1-2H3. The van der Waals surface area contributed by atoms with Gasteiger partial charge in [-0.25, -0.2) is 0 Å². The number of carbonyl (C=O) groups excluding carboxylic acids is 2. The van der Waals surface area contributed by atoms with Crippen LogP contribution in [0.25, 0.3) is 0 Å². The normalized spacial score (nSPS) is 12.6. The van der Waals surface area contributed by atoms with Gasteiger partial charge in [-0.1, -0.05) is 102 Å². The van der Waals surface area contributed by atoms with E-state index in [1.54, 1.807) is 12.1 Å². The molecule has 0 aliphatic heterocycles. The minimum atomic E-state index is -0.0297. The van der Waals surface area contributed by atoms with Crippen LogP contribution in [0.15, 0.2) is 42.5 Å². The largest absolute Gasteiger partial charge is 0.371 e. The van der Waals surface area contributed by atoms with Crippen molar-refractivity contribution in [3.05, 3.63) is 64.7 Å². The third-order valence-corrected chi connectivity index (χ3v) is 6.33.